The van der Waals surface area contributed by atoms with Gasteiger partial charge in [-0.2, -0.15) is 0 Å². The standard InChI is InChI=1S/C25H18ClN3O2S3/c1-13-3-10-18-20(11-13)34-24(28-18)14-4-6-15(7-5-14)27-25(32)29-23(30)22-21(26)17-9-8-16(31-2)12-19(17)33-22/h3-12H,1-2H3,(H2,27,29,30,32). The Labute approximate surface area is 214 Å². The maximum atomic E-state index is 12.8. The molecule has 0 unspecified atom stereocenters. The number of halogens is 1. The number of carbonyl (C=O) groups excluding carboxylic acids is 1. The molecule has 0 aliphatic carbocycles. The van der Waals surface area contributed by atoms with Gasteiger partial charge in [0.25, 0.3) is 5.91 Å². The summed E-state index contributed by atoms with van der Waals surface area (Å²) in [6.45, 7) is 2.08. The van der Waals surface area contributed by atoms with Gasteiger partial charge >= 0.3 is 0 Å². The molecule has 5 nitrogen and oxygen atoms in total. The fraction of sp³-hybridized carbons (Fsp3) is 0.0800. The number of methoxy groups -OCH3 is 1. The van der Waals surface area contributed by atoms with Crippen molar-refractivity contribution in [1.82, 2.24) is 10.3 Å². The first-order valence-corrected chi connectivity index (χ1v) is 12.7. The molecule has 0 aliphatic rings. The second kappa shape index (κ2) is 9.31. The minimum Gasteiger partial charge on any atom is -0.497 e. The number of nitrogens with zero attached hydrogens (tertiary/aromatic N) is 1. The summed E-state index contributed by atoms with van der Waals surface area (Å²) >= 11 is 14.7. The Kier molecular flexibility index (Phi) is 6.22. The number of thiazole rings is 1. The van der Waals surface area contributed by atoms with Gasteiger partial charge in [0.1, 0.15) is 15.6 Å². The van der Waals surface area contributed by atoms with E-state index in [1.807, 2.05) is 48.5 Å². The zero-order valence-electron chi connectivity index (χ0n) is 18.1. The minimum absolute atomic E-state index is 0.194. The molecule has 2 heterocycles. The van der Waals surface area contributed by atoms with Crippen LogP contribution in [0, 0.1) is 6.92 Å². The summed E-state index contributed by atoms with van der Waals surface area (Å²) in [6, 6.07) is 19.5. The van der Waals surface area contributed by atoms with Crippen LogP contribution in [-0.4, -0.2) is 23.1 Å². The van der Waals surface area contributed by atoms with E-state index >= 15 is 0 Å². The number of aryl methyl sites for hydroxylation is 1. The summed E-state index contributed by atoms with van der Waals surface area (Å²) in [5.74, 6) is 0.350. The molecule has 0 saturated carbocycles. The van der Waals surface area contributed by atoms with Crippen LogP contribution in [0.15, 0.2) is 60.7 Å². The van der Waals surface area contributed by atoms with Gasteiger partial charge in [0.2, 0.25) is 0 Å². The van der Waals surface area contributed by atoms with E-state index in [9.17, 15) is 4.79 Å². The number of hydrogen-bond acceptors (Lipinski definition) is 6. The number of rotatable bonds is 4. The molecular weight excluding hydrogens is 506 g/mol. The lowest BCUT2D eigenvalue weighted by Gasteiger charge is -2.09. The average molecular weight is 524 g/mol. The van der Waals surface area contributed by atoms with Crippen LogP contribution < -0.4 is 15.4 Å². The van der Waals surface area contributed by atoms with Crippen molar-refractivity contribution >= 4 is 83.5 Å². The molecule has 3 aromatic carbocycles. The summed E-state index contributed by atoms with van der Waals surface area (Å²) in [5, 5.41) is 8.12. The zero-order chi connectivity index (χ0) is 23.8. The van der Waals surface area contributed by atoms with E-state index in [0.717, 1.165) is 31.9 Å². The van der Waals surface area contributed by atoms with Crippen LogP contribution in [-0.2, 0) is 0 Å². The molecule has 2 aromatic heterocycles. The molecule has 0 aliphatic heterocycles. The molecule has 0 bridgehead atoms. The highest BCUT2D eigenvalue weighted by Crippen LogP contribution is 2.37. The molecule has 0 fully saturated rings. The quantitative estimate of drug-likeness (QED) is 0.242. The summed E-state index contributed by atoms with van der Waals surface area (Å²) in [7, 11) is 1.60. The van der Waals surface area contributed by atoms with Gasteiger partial charge < -0.3 is 10.1 Å². The summed E-state index contributed by atoms with van der Waals surface area (Å²) in [4.78, 5) is 17.9. The molecule has 1 amide bonds. The third-order valence-electron chi connectivity index (χ3n) is 5.20. The maximum Gasteiger partial charge on any atom is 0.269 e. The summed E-state index contributed by atoms with van der Waals surface area (Å²) < 4.78 is 7.28. The van der Waals surface area contributed by atoms with Crippen molar-refractivity contribution in [3.63, 3.8) is 0 Å². The highest BCUT2D eigenvalue weighted by atomic mass is 35.5. The largest absolute Gasteiger partial charge is 0.497 e. The zero-order valence-corrected chi connectivity index (χ0v) is 21.3. The monoisotopic (exact) mass is 523 g/mol. The number of thiocarbonyl (C=S) groups is 1. The molecule has 0 spiro atoms. The SMILES string of the molecule is COc1ccc2c(Cl)c(C(=O)NC(=S)Nc3ccc(-c4nc5ccc(C)cc5s4)cc3)sc2c1. The normalized spacial score (nSPS) is 11.0. The van der Waals surface area contributed by atoms with Gasteiger partial charge in [-0.25, -0.2) is 4.98 Å². The van der Waals surface area contributed by atoms with Crippen LogP contribution in [0.3, 0.4) is 0 Å². The first kappa shape index (κ1) is 22.7. The second-order valence-electron chi connectivity index (χ2n) is 7.58. The fourth-order valence-electron chi connectivity index (χ4n) is 3.49. The highest BCUT2D eigenvalue weighted by Gasteiger charge is 2.18. The van der Waals surface area contributed by atoms with Crippen LogP contribution in [0.2, 0.25) is 5.02 Å². The van der Waals surface area contributed by atoms with Crippen molar-refractivity contribution in [3.05, 3.63) is 76.1 Å². The van der Waals surface area contributed by atoms with Crippen molar-refractivity contribution in [1.29, 1.82) is 0 Å². The lowest BCUT2D eigenvalue weighted by molar-refractivity contribution is 0.0982. The Morgan fingerprint density at radius 2 is 1.82 bits per heavy atom. The third-order valence-corrected chi connectivity index (χ3v) is 8.13. The van der Waals surface area contributed by atoms with Crippen molar-refractivity contribution in [2.45, 2.75) is 6.92 Å². The molecule has 34 heavy (non-hydrogen) atoms. The van der Waals surface area contributed by atoms with Gasteiger partial charge in [-0.05, 0) is 79.3 Å². The number of nitrogens with one attached hydrogen (secondary N) is 2. The Bertz CT molecular complexity index is 1560. The number of thiophene rings is 1. The third kappa shape index (κ3) is 4.50. The van der Waals surface area contributed by atoms with E-state index in [0.29, 0.717) is 15.6 Å². The number of aromatic nitrogens is 1. The van der Waals surface area contributed by atoms with Crippen LogP contribution in [0.4, 0.5) is 5.69 Å². The van der Waals surface area contributed by atoms with E-state index in [1.165, 1.54) is 21.6 Å². The predicted octanol–water partition coefficient (Wildman–Crippen LogP) is 7.28. The number of amides is 1. The topological polar surface area (TPSA) is 63.2 Å². The van der Waals surface area contributed by atoms with Gasteiger partial charge in [0.15, 0.2) is 5.11 Å². The first-order valence-electron chi connectivity index (χ1n) is 10.3. The van der Waals surface area contributed by atoms with E-state index in [1.54, 1.807) is 18.4 Å². The Morgan fingerprint density at radius 3 is 2.59 bits per heavy atom. The molecule has 170 valence electrons. The Hall–Kier alpha value is -3.04. The van der Waals surface area contributed by atoms with E-state index in [4.69, 9.17) is 33.5 Å². The second-order valence-corrected chi connectivity index (χ2v) is 10.5. The van der Waals surface area contributed by atoms with Gasteiger partial charge in [-0.1, -0.05) is 17.7 Å². The van der Waals surface area contributed by atoms with Gasteiger partial charge in [-0.15, -0.1) is 22.7 Å². The van der Waals surface area contributed by atoms with Crippen LogP contribution in [0.25, 0.3) is 30.9 Å². The number of carbonyl (C=O) groups is 1. The molecule has 0 atom stereocenters. The Balaban J connectivity index is 1.27. The van der Waals surface area contributed by atoms with E-state index in [2.05, 4.69) is 29.7 Å². The van der Waals surface area contributed by atoms with Gasteiger partial charge in [0.05, 0.1) is 22.3 Å². The average Bonchev–Trinajstić information content (AvgIpc) is 3.39. The molecule has 5 aromatic rings. The van der Waals surface area contributed by atoms with Crippen molar-refractivity contribution in [3.8, 4) is 16.3 Å². The summed E-state index contributed by atoms with van der Waals surface area (Å²) in [5.41, 5.74) is 3.99. The number of hydrogen-bond donors (Lipinski definition) is 2. The Morgan fingerprint density at radius 1 is 1.03 bits per heavy atom. The lowest BCUT2D eigenvalue weighted by atomic mass is 10.2. The fourth-order valence-corrected chi connectivity index (χ4v) is 6.21. The highest BCUT2D eigenvalue weighted by molar-refractivity contribution is 7.80. The smallest absolute Gasteiger partial charge is 0.269 e. The number of fused-ring (bicyclic) bond motifs is 2. The van der Waals surface area contributed by atoms with Crippen molar-refractivity contribution in [2.24, 2.45) is 0 Å². The van der Waals surface area contributed by atoms with Crippen LogP contribution >= 0.6 is 46.5 Å². The van der Waals surface area contributed by atoms with Crippen molar-refractivity contribution in [2.75, 3.05) is 12.4 Å². The molecule has 5 rings (SSSR count). The summed E-state index contributed by atoms with van der Waals surface area (Å²) in [6.07, 6.45) is 0. The number of anilines is 1. The lowest BCUT2D eigenvalue weighted by Crippen LogP contribution is -2.33. The van der Waals surface area contributed by atoms with Gasteiger partial charge in [-0.3, -0.25) is 10.1 Å². The van der Waals surface area contributed by atoms with Crippen LogP contribution in [0.1, 0.15) is 15.2 Å². The van der Waals surface area contributed by atoms with Crippen LogP contribution in [0.5, 0.6) is 5.75 Å². The molecule has 9 heteroatoms. The number of benzene rings is 3. The molecule has 2 N–H and O–H groups in total. The van der Waals surface area contributed by atoms with E-state index < -0.39 is 0 Å². The van der Waals surface area contributed by atoms with Crippen molar-refractivity contribution < 1.29 is 9.53 Å². The maximum absolute atomic E-state index is 12.8. The molecular formula is C25H18ClN3O2S3. The molecule has 0 radical (unpaired) electrons. The van der Waals surface area contributed by atoms with E-state index in [-0.39, 0.29) is 11.0 Å². The first-order chi connectivity index (χ1) is 16.4. The predicted molar refractivity (Wildman–Crippen MR) is 147 cm³/mol. The number of ether oxygens (including phenoxy) is 1. The van der Waals surface area contributed by atoms with Gasteiger partial charge in [0, 0.05) is 21.3 Å². The minimum atomic E-state index is -0.357. The molecule has 0 saturated heterocycles.